The summed E-state index contributed by atoms with van der Waals surface area (Å²) in [5.41, 5.74) is 0.426. The van der Waals surface area contributed by atoms with Crippen molar-refractivity contribution in [2.75, 3.05) is 0 Å². The van der Waals surface area contributed by atoms with Gasteiger partial charge in [0.05, 0.1) is 11.7 Å². The van der Waals surface area contributed by atoms with E-state index in [1.165, 1.54) is 6.26 Å². The van der Waals surface area contributed by atoms with Crippen LogP contribution in [-0.2, 0) is 16.8 Å². The van der Waals surface area contributed by atoms with Gasteiger partial charge in [-0.2, -0.15) is 4.98 Å². The molecule has 126 valence electrons. The first-order chi connectivity index (χ1) is 12.0. The third-order valence-corrected chi connectivity index (χ3v) is 4.36. The lowest BCUT2D eigenvalue weighted by atomic mass is 9.77. The summed E-state index contributed by atoms with van der Waals surface area (Å²) in [5, 5.41) is 3.83. The molecule has 0 fully saturated rings. The first-order valence-electron chi connectivity index (χ1n) is 7.81. The molecule has 0 saturated heterocycles. The minimum Gasteiger partial charge on any atom is -0.461 e. The van der Waals surface area contributed by atoms with Gasteiger partial charge in [0, 0.05) is 5.56 Å². The lowest BCUT2D eigenvalue weighted by Crippen LogP contribution is -2.51. The average Bonchev–Trinajstić information content (AvgIpc) is 3.28. The van der Waals surface area contributed by atoms with Crippen molar-refractivity contribution in [1.29, 1.82) is 0 Å². The molecule has 1 aliphatic heterocycles. The van der Waals surface area contributed by atoms with Gasteiger partial charge in [-0.05, 0) is 37.6 Å². The molecule has 4 rings (SSSR count). The number of hydrogen-bond acceptors (Lipinski definition) is 6. The standard InChI is InChI=1S/C18H15N3O4/c1-18(2)12-7-4-3-6-11(12)16(22)21(17(18)23)10-14-19-15(20-25-14)13-8-5-9-24-13/h3-9H,10H2,1-2H3. The quantitative estimate of drug-likeness (QED) is 0.683. The summed E-state index contributed by atoms with van der Waals surface area (Å²) in [4.78, 5) is 31.0. The third kappa shape index (κ3) is 2.36. The number of carbonyl (C=O) groups excluding carboxylic acids is 2. The topological polar surface area (TPSA) is 89.4 Å². The summed E-state index contributed by atoms with van der Waals surface area (Å²) in [6, 6.07) is 10.5. The summed E-state index contributed by atoms with van der Waals surface area (Å²) in [5.74, 6) is 0.239. The van der Waals surface area contributed by atoms with E-state index in [2.05, 4.69) is 10.1 Å². The molecule has 0 saturated carbocycles. The molecular weight excluding hydrogens is 322 g/mol. The molecule has 0 aliphatic carbocycles. The van der Waals surface area contributed by atoms with Crippen molar-refractivity contribution < 1.29 is 18.5 Å². The van der Waals surface area contributed by atoms with E-state index >= 15 is 0 Å². The van der Waals surface area contributed by atoms with E-state index in [4.69, 9.17) is 8.94 Å². The largest absolute Gasteiger partial charge is 0.461 e. The summed E-state index contributed by atoms with van der Waals surface area (Å²) in [6.07, 6.45) is 1.50. The van der Waals surface area contributed by atoms with Gasteiger partial charge in [0.15, 0.2) is 5.76 Å². The number of benzene rings is 1. The minimum atomic E-state index is -0.811. The Morgan fingerprint density at radius 3 is 2.68 bits per heavy atom. The minimum absolute atomic E-state index is 0.0802. The van der Waals surface area contributed by atoms with Crippen molar-refractivity contribution in [3.63, 3.8) is 0 Å². The highest BCUT2D eigenvalue weighted by atomic mass is 16.5. The first-order valence-corrected chi connectivity index (χ1v) is 7.81. The lowest BCUT2D eigenvalue weighted by molar-refractivity contribution is -0.135. The van der Waals surface area contributed by atoms with Crippen molar-refractivity contribution >= 4 is 11.8 Å². The van der Waals surface area contributed by atoms with Crippen molar-refractivity contribution in [2.45, 2.75) is 25.8 Å². The normalized spacial score (nSPS) is 16.2. The van der Waals surface area contributed by atoms with Crippen LogP contribution in [0, 0.1) is 0 Å². The molecule has 7 nitrogen and oxygen atoms in total. The molecule has 0 atom stereocenters. The number of fused-ring (bicyclic) bond motifs is 1. The Bertz CT molecular complexity index is 956. The maximum atomic E-state index is 12.9. The molecule has 3 heterocycles. The zero-order valence-corrected chi connectivity index (χ0v) is 13.7. The van der Waals surface area contributed by atoms with Gasteiger partial charge in [-0.15, -0.1) is 0 Å². The van der Waals surface area contributed by atoms with Crippen molar-refractivity contribution in [2.24, 2.45) is 0 Å². The highest BCUT2D eigenvalue weighted by molar-refractivity contribution is 6.12. The van der Waals surface area contributed by atoms with Crippen LogP contribution in [0.5, 0.6) is 0 Å². The van der Waals surface area contributed by atoms with E-state index in [1.54, 1.807) is 38.1 Å². The second kappa shape index (κ2) is 5.41. The lowest BCUT2D eigenvalue weighted by Gasteiger charge is -2.36. The first kappa shape index (κ1) is 15.3. The smallest absolute Gasteiger partial charge is 0.261 e. The average molecular weight is 337 g/mol. The fourth-order valence-corrected chi connectivity index (χ4v) is 3.01. The highest BCUT2D eigenvalue weighted by Crippen LogP contribution is 2.35. The number of amides is 2. The molecule has 1 aromatic carbocycles. The van der Waals surface area contributed by atoms with Gasteiger partial charge in [-0.3, -0.25) is 14.5 Å². The van der Waals surface area contributed by atoms with E-state index < -0.39 is 5.41 Å². The zero-order valence-electron chi connectivity index (χ0n) is 13.7. The fraction of sp³-hybridized carbons (Fsp3) is 0.222. The Balaban J connectivity index is 1.67. The Morgan fingerprint density at radius 1 is 1.12 bits per heavy atom. The SMILES string of the molecule is CC1(C)C(=O)N(Cc2nc(-c3ccco3)no2)C(=O)c2ccccc21. The van der Waals surface area contributed by atoms with Gasteiger partial charge in [-0.25, -0.2) is 0 Å². The monoisotopic (exact) mass is 337 g/mol. The predicted octanol–water partition coefficient (Wildman–Crippen LogP) is 2.79. The number of hydrogen-bond donors (Lipinski definition) is 0. The fourth-order valence-electron chi connectivity index (χ4n) is 3.01. The van der Waals surface area contributed by atoms with Crippen LogP contribution in [0.15, 0.2) is 51.6 Å². The Labute approximate surface area is 143 Å². The number of carbonyl (C=O) groups is 2. The van der Waals surface area contributed by atoms with E-state index in [-0.39, 0.29) is 30.1 Å². The molecular formula is C18H15N3O4. The van der Waals surface area contributed by atoms with Gasteiger partial charge in [0.1, 0.15) is 6.54 Å². The number of nitrogens with zero attached hydrogens (tertiary/aromatic N) is 3. The molecule has 0 bridgehead atoms. The summed E-state index contributed by atoms with van der Waals surface area (Å²) in [7, 11) is 0. The number of imide groups is 1. The van der Waals surface area contributed by atoms with Gasteiger partial charge in [0.25, 0.3) is 5.91 Å². The molecule has 0 unspecified atom stereocenters. The molecule has 25 heavy (non-hydrogen) atoms. The van der Waals surface area contributed by atoms with E-state index in [9.17, 15) is 9.59 Å². The van der Waals surface area contributed by atoms with Gasteiger partial charge in [-0.1, -0.05) is 23.4 Å². The molecule has 1 aliphatic rings. The Hall–Kier alpha value is -3.22. The number of aromatic nitrogens is 2. The number of furan rings is 1. The van der Waals surface area contributed by atoms with Crippen molar-refractivity contribution in [3.05, 3.63) is 59.7 Å². The predicted molar refractivity (Wildman–Crippen MR) is 86.3 cm³/mol. The van der Waals surface area contributed by atoms with E-state index in [0.29, 0.717) is 11.3 Å². The molecule has 2 aromatic heterocycles. The van der Waals surface area contributed by atoms with Crippen LogP contribution in [0.25, 0.3) is 11.6 Å². The van der Waals surface area contributed by atoms with Crippen LogP contribution >= 0.6 is 0 Å². The molecule has 0 radical (unpaired) electrons. The molecule has 0 N–H and O–H groups in total. The molecule has 0 spiro atoms. The van der Waals surface area contributed by atoms with Crippen LogP contribution in [0.3, 0.4) is 0 Å². The Kier molecular flexibility index (Phi) is 3.31. The molecule has 7 heteroatoms. The van der Waals surface area contributed by atoms with Gasteiger partial charge < -0.3 is 8.94 Å². The maximum absolute atomic E-state index is 12.9. The van der Waals surface area contributed by atoms with Crippen LogP contribution in [-0.4, -0.2) is 26.9 Å². The van der Waals surface area contributed by atoms with Crippen LogP contribution < -0.4 is 0 Å². The van der Waals surface area contributed by atoms with Crippen molar-refractivity contribution in [3.8, 4) is 11.6 Å². The second-order valence-corrected chi connectivity index (χ2v) is 6.36. The second-order valence-electron chi connectivity index (χ2n) is 6.36. The van der Waals surface area contributed by atoms with E-state index in [1.807, 2.05) is 12.1 Å². The van der Waals surface area contributed by atoms with Crippen LogP contribution in [0.2, 0.25) is 0 Å². The van der Waals surface area contributed by atoms with Crippen LogP contribution in [0.1, 0.15) is 35.7 Å². The summed E-state index contributed by atoms with van der Waals surface area (Å²) in [6.45, 7) is 3.52. The molecule has 3 aromatic rings. The van der Waals surface area contributed by atoms with Crippen LogP contribution in [0.4, 0.5) is 0 Å². The summed E-state index contributed by atoms with van der Waals surface area (Å²) < 4.78 is 10.4. The Morgan fingerprint density at radius 2 is 1.92 bits per heavy atom. The third-order valence-electron chi connectivity index (χ3n) is 4.36. The van der Waals surface area contributed by atoms with Gasteiger partial charge in [0.2, 0.25) is 17.6 Å². The summed E-state index contributed by atoms with van der Waals surface area (Å²) >= 11 is 0. The number of rotatable bonds is 3. The van der Waals surface area contributed by atoms with Crippen molar-refractivity contribution in [1.82, 2.24) is 15.0 Å². The highest BCUT2D eigenvalue weighted by Gasteiger charge is 2.44. The van der Waals surface area contributed by atoms with Gasteiger partial charge >= 0.3 is 0 Å². The molecule has 2 amide bonds. The zero-order chi connectivity index (χ0) is 17.6. The van der Waals surface area contributed by atoms with E-state index in [0.717, 1.165) is 10.5 Å². The maximum Gasteiger partial charge on any atom is 0.261 e.